The van der Waals surface area contributed by atoms with Gasteiger partial charge in [0.2, 0.25) is 0 Å². The van der Waals surface area contributed by atoms with Crippen LogP contribution in [0, 0.1) is 5.82 Å². The maximum atomic E-state index is 13.5. The largest absolute Gasteiger partial charge is 0.419 e. The molecule has 0 aliphatic rings. The fourth-order valence-electron chi connectivity index (χ4n) is 1.84. The van der Waals surface area contributed by atoms with Crippen LogP contribution >= 0.6 is 11.6 Å². The van der Waals surface area contributed by atoms with Gasteiger partial charge in [0.1, 0.15) is 5.82 Å². The molecule has 6 heteroatoms. The quantitative estimate of drug-likeness (QED) is 0.805. The molecule has 0 amide bonds. The molecule has 0 heterocycles. The van der Waals surface area contributed by atoms with Gasteiger partial charge >= 0.3 is 6.18 Å². The highest BCUT2D eigenvalue weighted by molar-refractivity contribution is 6.31. The lowest BCUT2D eigenvalue weighted by Crippen LogP contribution is -2.07. The van der Waals surface area contributed by atoms with Crippen molar-refractivity contribution in [3.63, 3.8) is 0 Å². The summed E-state index contributed by atoms with van der Waals surface area (Å²) in [4.78, 5) is 0. The summed E-state index contributed by atoms with van der Waals surface area (Å²) < 4.78 is 51.0. The van der Waals surface area contributed by atoms with Gasteiger partial charge in [0.25, 0.3) is 0 Å². The Labute approximate surface area is 118 Å². The summed E-state index contributed by atoms with van der Waals surface area (Å²) in [7, 11) is 0. The number of hydrogen-bond donors (Lipinski definition) is 1. The Morgan fingerprint density at radius 3 is 2.15 bits per heavy atom. The maximum absolute atomic E-state index is 13.5. The number of alkyl halides is 3. The molecule has 0 unspecified atom stereocenters. The van der Waals surface area contributed by atoms with Crippen molar-refractivity contribution in [3.8, 4) is 11.1 Å². The van der Waals surface area contributed by atoms with E-state index in [1.807, 2.05) is 0 Å². The van der Waals surface area contributed by atoms with Gasteiger partial charge in [-0.25, -0.2) is 4.39 Å². The molecule has 0 aliphatic carbocycles. The van der Waals surface area contributed by atoms with Crippen molar-refractivity contribution in [2.24, 2.45) is 5.73 Å². The highest BCUT2D eigenvalue weighted by atomic mass is 35.5. The average molecular weight is 304 g/mol. The van der Waals surface area contributed by atoms with Gasteiger partial charge in [0.15, 0.2) is 0 Å². The molecule has 0 aliphatic heterocycles. The molecule has 2 aromatic carbocycles. The van der Waals surface area contributed by atoms with Gasteiger partial charge in [-0.15, -0.1) is 0 Å². The van der Waals surface area contributed by atoms with Gasteiger partial charge in [-0.3, -0.25) is 0 Å². The van der Waals surface area contributed by atoms with E-state index in [0.717, 1.165) is 12.1 Å². The fraction of sp³-hybridized carbons (Fsp3) is 0.143. The Kier molecular flexibility index (Phi) is 4.01. The minimum atomic E-state index is -4.70. The molecule has 106 valence electrons. The monoisotopic (exact) mass is 303 g/mol. The van der Waals surface area contributed by atoms with Crippen molar-refractivity contribution in [1.29, 1.82) is 0 Å². The molecule has 0 bridgehead atoms. The number of rotatable bonds is 2. The first-order valence-corrected chi connectivity index (χ1v) is 6.06. The SMILES string of the molecule is NCc1cc(-c2ccc(C(F)(F)F)c(F)c2)ccc1Cl. The summed E-state index contributed by atoms with van der Waals surface area (Å²) in [6, 6.07) is 7.60. The van der Waals surface area contributed by atoms with Crippen molar-refractivity contribution in [1.82, 2.24) is 0 Å². The molecule has 2 aromatic rings. The van der Waals surface area contributed by atoms with E-state index < -0.39 is 17.6 Å². The minimum absolute atomic E-state index is 0.190. The summed E-state index contributed by atoms with van der Waals surface area (Å²) in [5.41, 5.74) is 5.75. The van der Waals surface area contributed by atoms with Gasteiger partial charge in [-0.2, -0.15) is 13.2 Å². The van der Waals surface area contributed by atoms with Crippen LogP contribution in [0.3, 0.4) is 0 Å². The predicted molar refractivity (Wildman–Crippen MR) is 69.7 cm³/mol. The Bertz CT molecular complexity index is 638. The first-order chi connectivity index (χ1) is 9.32. The minimum Gasteiger partial charge on any atom is -0.326 e. The van der Waals surface area contributed by atoms with Crippen LogP contribution in [-0.4, -0.2) is 0 Å². The number of hydrogen-bond acceptors (Lipinski definition) is 1. The van der Waals surface area contributed by atoms with Crippen LogP contribution < -0.4 is 5.73 Å². The molecular formula is C14H10ClF4N. The molecule has 0 saturated carbocycles. The number of halogens is 5. The Morgan fingerprint density at radius 2 is 1.60 bits per heavy atom. The summed E-state index contributed by atoms with van der Waals surface area (Å²) >= 11 is 5.90. The molecule has 20 heavy (non-hydrogen) atoms. The molecule has 1 nitrogen and oxygen atoms in total. The van der Waals surface area contributed by atoms with Gasteiger partial charge in [0, 0.05) is 11.6 Å². The van der Waals surface area contributed by atoms with Crippen LogP contribution in [-0.2, 0) is 12.7 Å². The van der Waals surface area contributed by atoms with Crippen LogP contribution in [0.15, 0.2) is 36.4 Å². The van der Waals surface area contributed by atoms with Gasteiger partial charge in [-0.05, 0) is 41.0 Å². The zero-order valence-electron chi connectivity index (χ0n) is 10.1. The lowest BCUT2D eigenvalue weighted by Gasteiger charge is -2.10. The first kappa shape index (κ1) is 14.8. The highest BCUT2D eigenvalue weighted by Gasteiger charge is 2.33. The summed E-state index contributed by atoms with van der Waals surface area (Å²) in [5, 5.41) is 0.462. The van der Waals surface area contributed by atoms with Gasteiger partial charge < -0.3 is 5.73 Å². The topological polar surface area (TPSA) is 26.0 Å². The second kappa shape index (κ2) is 5.42. The predicted octanol–water partition coefficient (Wildman–Crippen LogP) is 4.62. The van der Waals surface area contributed by atoms with Gasteiger partial charge in [0.05, 0.1) is 5.56 Å². The third kappa shape index (κ3) is 2.94. The standard InChI is InChI=1S/C14H10ClF4N/c15-12-4-2-8(5-10(12)7-20)9-1-3-11(13(16)6-9)14(17,18)19/h1-6H,7,20H2. The lowest BCUT2D eigenvalue weighted by molar-refractivity contribution is -0.139. The second-order valence-electron chi connectivity index (χ2n) is 4.20. The normalized spacial score (nSPS) is 11.7. The van der Waals surface area contributed by atoms with E-state index in [0.29, 0.717) is 21.7 Å². The molecular weight excluding hydrogens is 294 g/mol. The number of nitrogens with two attached hydrogens (primary N) is 1. The van der Waals surface area contributed by atoms with Crippen molar-refractivity contribution in [2.75, 3.05) is 0 Å². The smallest absolute Gasteiger partial charge is 0.326 e. The van der Waals surface area contributed by atoms with Crippen LogP contribution in [0.4, 0.5) is 17.6 Å². The molecule has 0 radical (unpaired) electrons. The van der Waals surface area contributed by atoms with Crippen LogP contribution in [0.25, 0.3) is 11.1 Å². The summed E-state index contributed by atoms with van der Waals surface area (Å²) in [6.07, 6.45) is -4.70. The third-order valence-electron chi connectivity index (χ3n) is 2.87. The molecule has 0 saturated heterocycles. The first-order valence-electron chi connectivity index (χ1n) is 5.68. The Morgan fingerprint density at radius 1 is 1.00 bits per heavy atom. The van der Waals surface area contributed by atoms with E-state index in [4.69, 9.17) is 17.3 Å². The Balaban J connectivity index is 2.47. The van der Waals surface area contributed by atoms with Crippen LogP contribution in [0.2, 0.25) is 5.02 Å². The number of benzene rings is 2. The zero-order chi connectivity index (χ0) is 14.9. The molecule has 0 atom stereocenters. The molecule has 0 fully saturated rings. The van der Waals surface area contributed by atoms with E-state index in [2.05, 4.69) is 0 Å². The average Bonchev–Trinajstić information content (AvgIpc) is 2.37. The van der Waals surface area contributed by atoms with Gasteiger partial charge in [-0.1, -0.05) is 23.7 Å². The lowest BCUT2D eigenvalue weighted by atomic mass is 10.0. The summed E-state index contributed by atoms with van der Waals surface area (Å²) in [6.45, 7) is 0.190. The fourth-order valence-corrected chi connectivity index (χ4v) is 2.03. The van der Waals surface area contributed by atoms with E-state index in [1.54, 1.807) is 18.2 Å². The second-order valence-corrected chi connectivity index (χ2v) is 4.61. The maximum Gasteiger partial charge on any atom is 0.419 e. The highest BCUT2D eigenvalue weighted by Crippen LogP contribution is 2.34. The van der Waals surface area contributed by atoms with E-state index in [9.17, 15) is 17.6 Å². The van der Waals surface area contributed by atoms with Crippen LogP contribution in [0.1, 0.15) is 11.1 Å². The van der Waals surface area contributed by atoms with Crippen molar-refractivity contribution < 1.29 is 17.6 Å². The molecule has 2 N–H and O–H groups in total. The van der Waals surface area contributed by atoms with E-state index >= 15 is 0 Å². The Hall–Kier alpha value is -1.59. The molecule has 0 spiro atoms. The molecule has 2 rings (SSSR count). The van der Waals surface area contributed by atoms with Crippen molar-refractivity contribution in [2.45, 2.75) is 12.7 Å². The summed E-state index contributed by atoms with van der Waals surface area (Å²) in [5.74, 6) is -1.31. The van der Waals surface area contributed by atoms with Crippen molar-refractivity contribution in [3.05, 3.63) is 58.4 Å². The zero-order valence-corrected chi connectivity index (χ0v) is 10.9. The van der Waals surface area contributed by atoms with E-state index in [-0.39, 0.29) is 6.54 Å². The van der Waals surface area contributed by atoms with E-state index in [1.165, 1.54) is 6.07 Å². The third-order valence-corrected chi connectivity index (χ3v) is 3.24. The molecule has 0 aromatic heterocycles. The van der Waals surface area contributed by atoms with Crippen molar-refractivity contribution >= 4 is 11.6 Å². The van der Waals surface area contributed by atoms with Crippen LogP contribution in [0.5, 0.6) is 0 Å².